The lowest BCUT2D eigenvalue weighted by Gasteiger charge is -2.13. The zero-order valence-corrected chi connectivity index (χ0v) is 9.38. The Morgan fingerprint density at radius 2 is 2.31 bits per heavy atom. The van der Waals surface area contributed by atoms with Crippen molar-refractivity contribution in [1.29, 1.82) is 0 Å². The Bertz CT molecular complexity index is 293. The highest BCUT2D eigenvalue weighted by Crippen LogP contribution is 2.21. The van der Waals surface area contributed by atoms with Crippen molar-refractivity contribution in [2.75, 3.05) is 11.9 Å². The first kappa shape index (κ1) is 10.7. The number of hydrogen-bond donors (Lipinski definition) is 2. The molecule has 0 aromatic heterocycles. The molecule has 1 aromatic carbocycles. The number of benzene rings is 1. The molecule has 4 heteroatoms. The molecule has 0 heterocycles. The minimum atomic E-state index is -0.240. The van der Waals surface area contributed by atoms with E-state index in [4.69, 9.17) is 5.11 Å². The van der Waals surface area contributed by atoms with E-state index in [1.807, 2.05) is 29.5 Å². The maximum Gasteiger partial charge on any atom is 0.138 e. The van der Waals surface area contributed by atoms with Crippen molar-refractivity contribution in [2.45, 2.75) is 13.0 Å². The van der Waals surface area contributed by atoms with Crippen molar-refractivity contribution >= 4 is 28.3 Å². The summed E-state index contributed by atoms with van der Waals surface area (Å²) in [5.74, 6) is -0.240. The molecule has 1 unspecified atom stereocenters. The maximum atomic E-state index is 13.0. The van der Waals surface area contributed by atoms with E-state index < -0.39 is 0 Å². The Balaban J connectivity index is 2.83. The van der Waals surface area contributed by atoms with Gasteiger partial charge in [0, 0.05) is 6.04 Å². The molecule has 1 atom stereocenters. The van der Waals surface area contributed by atoms with Gasteiger partial charge >= 0.3 is 0 Å². The van der Waals surface area contributed by atoms with Gasteiger partial charge in [-0.1, -0.05) is 6.07 Å². The third-order valence-electron chi connectivity index (χ3n) is 1.63. The normalized spacial score (nSPS) is 12.6. The number of rotatable bonds is 3. The molecule has 0 aliphatic heterocycles. The van der Waals surface area contributed by atoms with Gasteiger partial charge in [0.2, 0.25) is 0 Å². The molecular weight excluding hydrogens is 284 g/mol. The van der Waals surface area contributed by atoms with Crippen molar-refractivity contribution in [3.63, 3.8) is 0 Å². The van der Waals surface area contributed by atoms with Crippen molar-refractivity contribution in [3.05, 3.63) is 27.6 Å². The second-order valence-electron chi connectivity index (χ2n) is 2.83. The average Bonchev–Trinajstić information content (AvgIpc) is 2.13. The van der Waals surface area contributed by atoms with Crippen LogP contribution in [0, 0.1) is 9.39 Å². The summed E-state index contributed by atoms with van der Waals surface area (Å²) in [6, 6.07) is 4.78. The number of aliphatic hydroxyl groups is 1. The minimum absolute atomic E-state index is 0.0343. The average molecular weight is 295 g/mol. The van der Waals surface area contributed by atoms with Crippen LogP contribution in [0.25, 0.3) is 0 Å². The van der Waals surface area contributed by atoms with Crippen LogP contribution in [0.2, 0.25) is 0 Å². The number of hydrogen-bond acceptors (Lipinski definition) is 2. The Kier molecular flexibility index (Phi) is 3.92. The van der Waals surface area contributed by atoms with Gasteiger partial charge in [-0.05, 0) is 41.6 Å². The minimum Gasteiger partial charge on any atom is -0.394 e. The van der Waals surface area contributed by atoms with E-state index in [0.717, 1.165) is 5.69 Å². The molecule has 1 rings (SSSR count). The van der Waals surface area contributed by atoms with Crippen molar-refractivity contribution < 1.29 is 9.50 Å². The van der Waals surface area contributed by atoms with E-state index >= 15 is 0 Å². The summed E-state index contributed by atoms with van der Waals surface area (Å²) in [7, 11) is 0. The zero-order valence-electron chi connectivity index (χ0n) is 7.22. The topological polar surface area (TPSA) is 32.3 Å². The standard InChI is InChI=1S/C9H11FINO/c1-6(5-13)12-8-4-2-3-7(10)9(8)11/h2-4,6,12-13H,5H2,1H3. The van der Waals surface area contributed by atoms with Gasteiger partial charge in [0.05, 0.1) is 15.9 Å². The smallest absolute Gasteiger partial charge is 0.138 e. The molecule has 0 aliphatic carbocycles. The number of nitrogens with one attached hydrogen (secondary N) is 1. The molecule has 0 bridgehead atoms. The molecule has 2 N–H and O–H groups in total. The van der Waals surface area contributed by atoms with Gasteiger partial charge in [-0.25, -0.2) is 4.39 Å². The Hall–Kier alpha value is -0.360. The van der Waals surface area contributed by atoms with Gasteiger partial charge in [0.25, 0.3) is 0 Å². The highest BCUT2D eigenvalue weighted by atomic mass is 127. The molecule has 0 saturated heterocycles. The van der Waals surface area contributed by atoms with Crippen LogP contribution in [0.3, 0.4) is 0 Å². The van der Waals surface area contributed by atoms with E-state index in [1.165, 1.54) is 6.07 Å². The van der Waals surface area contributed by atoms with E-state index in [2.05, 4.69) is 5.32 Å². The summed E-state index contributed by atoms with van der Waals surface area (Å²) in [5.41, 5.74) is 0.724. The SMILES string of the molecule is CC(CO)Nc1cccc(F)c1I. The van der Waals surface area contributed by atoms with Crippen molar-refractivity contribution in [2.24, 2.45) is 0 Å². The quantitative estimate of drug-likeness (QED) is 0.838. The highest BCUT2D eigenvalue weighted by molar-refractivity contribution is 14.1. The second-order valence-corrected chi connectivity index (χ2v) is 3.91. The fourth-order valence-corrected chi connectivity index (χ4v) is 1.44. The predicted molar refractivity (Wildman–Crippen MR) is 59.3 cm³/mol. The summed E-state index contributed by atoms with van der Waals surface area (Å²) in [4.78, 5) is 0. The third kappa shape index (κ3) is 2.80. The molecule has 1 aromatic rings. The molecule has 72 valence electrons. The van der Waals surface area contributed by atoms with Gasteiger partial charge in [-0.2, -0.15) is 0 Å². The molecule has 0 amide bonds. The Morgan fingerprint density at radius 3 is 2.92 bits per heavy atom. The molecule has 0 spiro atoms. The molecule has 0 saturated carbocycles. The number of halogens is 2. The number of aliphatic hydroxyl groups excluding tert-OH is 1. The van der Waals surface area contributed by atoms with Gasteiger partial charge in [-0.15, -0.1) is 0 Å². The monoisotopic (exact) mass is 295 g/mol. The van der Waals surface area contributed by atoms with Crippen LogP contribution >= 0.6 is 22.6 Å². The molecular formula is C9H11FINO. The molecule has 13 heavy (non-hydrogen) atoms. The molecule has 0 fully saturated rings. The van der Waals surface area contributed by atoms with Crippen LogP contribution in [0.1, 0.15) is 6.92 Å². The van der Waals surface area contributed by atoms with E-state index in [-0.39, 0.29) is 18.5 Å². The van der Waals surface area contributed by atoms with E-state index in [9.17, 15) is 4.39 Å². The first-order chi connectivity index (χ1) is 6.15. The van der Waals surface area contributed by atoms with Crippen molar-refractivity contribution in [3.8, 4) is 0 Å². The number of anilines is 1. The van der Waals surface area contributed by atoms with Crippen molar-refractivity contribution in [1.82, 2.24) is 0 Å². The largest absolute Gasteiger partial charge is 0.394 e. The lowest BCUT2D eigenvalue weighted by atomic mass is 10.2. The van der Waals surface area contributed by atoms with E-state index in [0.29, 0.717) is 3.57 Å². The predicted octanol–water partition coefficient (Wildman–Crippen LogP) is 2.22. The van der Waals surface area contributed by atoms with Gasteiger partial charge < -0.3 is 10.4 Å². The molecule has 0 radical (unpaired) electrons. The summed E-state index contributed by atoms with van der Waals surface area (Å²) < 4.78 is 13.6. The van der Waals surface area contributed by atoms with Crippen LogP contribution < -0.4 is 5.32 Å². The Labute approximate surface area is 90.3 Å². The first-order valence-corrected chi connectivity index (χ1v) is 5.04. The lowest BCUT2D eigenvalue weighted by Crippen LogP contribution is -2.20. The second kappa shape index (κ2) is 4.76. The molecule has 0 aliphatic rings. The summed E-state index contributed by atoms with van der Waals surface area (Å²) >= 11 is 1.94. The summed E-state index contributed by atoms with van der Waals surface area (Å²) in [6.45, 7) is 1.87. The van der Waals surface area contributed by atoms with E-state index in [1.54, 1.807) is 12.1 Å². The van der Waals surface area contributed by atoms with Crippen LogP contribution in [0.5, 0.6) is 0 Å². The first-order valence-electron chi connectivity index (χ1n) is 3.96. The van der Waals surface area contributed by atoms with Crippen LogP contribution in [0.15, 0.2) is 18.2 Å². The van der Waals surface area contributed by atoms with Crippen LogP contribution in [0.4, 0.5) is 10.1 Å². The van der Waals surface area contributed by atoms with Gasteiger partial charge in [-0.3, -0.25) is 0 Å². The third-order valence-corrected chi connectivity index (χ3v) is 2.72. The fraction of sp³-hybridized carbons (Fsp3) is 0.333. The fourth-order valence-electron chi connectivity index (χ4n) is 0.926. The summed E-state index contributed by atoms with van der Waals surface area (Å²) in [5, 5.41) is 11.8. The molecule has 2 nitrogen and oxygen atoms in total. The van der Waals surface area contributed by atoms with Crippen LogP contribution in [-0.4, -0.2) is 17.8 Å². The maximum absolute atomic E-state index is 13.0. The summed E-state index contributed by atoms with van der Waals surface area (Å²) in [6.07, 6.45) is 0. The highest BCUT2D eigenvalue weighted by Gasteiger charge is 2.06. The van der Waals surface area contributed by atoms with Gasteiger partial charge in [0.1, 0.15) is 5.82 Å². The zero-order chi connectivity index (χ0) is 9.84. The van der Waals surface area contributed by atoms with Crippen LogP contribution in [-0.2, 0) is 0 Å². The lowest BCUT2D eigenvalue weighted by molar-refractivity contribution is 0.281. The Morgan fingerprint density at radius 1 is 1.62 bits per heavy atom. The van der Waals surface area contributed by atoms with Gasteiger partial charge in [0.15, 0.2) is 0 Å².